The number of esters is 1. The van der Waals surface area contributed by atoms with Gasteiger partial charge >= 0.3 is 5.97 Å². The molecule has 1 aliphatic heterocycles. The number of rotatable bonds is 5. The highest BCUT2D eigenvalue weighted by Gasteiger charge is 2.36. The van der Waals surface area contributed by atoms with Gasteiger partial charge in [0.05, 0.1) is 0 Å². The molecule has 1 aliphatic rings. The van der Waals surface area contributed by atoms with Crippen LogP contribution in [0.25, 0.3) is 0 Å². The molecule has 1 heterocycles. The molecule has 0 fully saturated rings. The average Bonchev–Trinajstić information content (AvgIpc) is 2.73. The predicted octanol–water partition coefficient (Wildman–Crippen LogP) is 1.32. The van der Waals surface area contributed by atoms with E-state index in [9.17, 15) is 19.5 Å². The summed E-state index contributed by atoms with van der Waals surface area (Å²) in [5, 5.41) is 9.52. The first-order valence-corrected chi connectivity index (χ1v) is 7.72. The molecule has 130 valence electrons. The number of nitrogens with two attached hydrogens (primary N) is 1. The van der Waals surface area contributed by atoms with Crippen LogP contribution in [0, 0.1) is 0 Å². The lowest BCUT2D eigenvalue weighted by molar-refractivity contribution is -0.155. The number of primary amides is 1. The van der Waals surface area contributed by atoms with Crippen LogP contribution in [-0.4, -0.2) is 39.4 Å². The van der Waals surface area contributed by atoms with Crippen molar-refractivity contribution >= 4 is 17.8 Å². The van der Waals surface area contributed by atoms with E-state index in [1.165, 1.54) is 23.1 Å². The lowest BCUT2D eigenvalue weighted by atomic mass is 10.1. The number of aromatic hydroxyl groups is 1. The van der Waals surface area contributed by atoms with Gasteiger partial charge in [-0.05, 0) is 51.0 Å². The Morgan fingerprint density at radius 2 is 2.04 bits per heavy atom. The third-order valence-electron chi connectivity index (χ3n) is 3.67. The van der Waals surface area contributed by atoms with E-state index in [2.05, 4.69) is 0 Å². The molecule has 1 unspecified atom stereocenters. The fourth-order valence-corrected chi connectivity index (χ4v) is 2.68. The van der Waals surface area contributed by atoms with Gasteiger partial charge in [-0.3, -0.25) is 14.4 Å². The maximum Gasteiger partial charge on any atom is 0.306 e. The van der Waals surface area contributed by atoms with Gasteiger partial charge in [0, 0.05) is 18.5 Å². The molecule has 0 saturated carbocycles. The molecule has 1 atom stereocenters. The first kappa shape index (κ1) is 17.8. The number of hydrogen-bond acceptors (Lipinski definition) is 5. The third-order valence-corrected chi connectivity index (χ3v) is 3.67. The Bertz CT molecular complexity index is 678. The van der Waals surface area contributed by atoms with Gasteiger partial charge in [-0.1, -0.05) is 0 Å². The molecule has 0 aliphatic carbocycles. The molecule has 0 spiro atoms. The quantitative estimate of drug-likeness (QED) is 0.789. The number of carbonyl (C=O) groups excluding carboxylic acids is 3. The van der Waals surface area contributed by atoms with Crippen LogP contribution in [0.1, 0.15) is 49.5 Å². The third kappa shape index (κ3) is 4.04. The Kier molecular flexibility index (Phi) is 4.82. The van der Waals surface area contributed by atoms with Gasteiger partial charge in [-0.15, -0.1) is 0 Å². The highest BCUT2D eigenvalue weighted by atomic mass is 16.6. The van der Waals surface area contributed by atoms with E-state index in [1.807, 2.05) is 0 Å². The number of fused-ring (bicyclic) bond motifs is 1. The summed E-state index contributed by atoms with van der Waals surface area (Å²) >= 11 is 0. The summed E-state index contributed by atoms with van der Waals surface area (Å²) < 4.78 is 5.21. The van der Waals surface area contributed by atoms with Gasteiger partial charge < -0.3 is 20.5 Å². The van der Waals surface area contributed by atoms with Crippen molar-refractivity contribution in [2.45, 2.75) is 51.8 Å². The molecule has 1 aromatic carbocycles. The summed E-state index contributed by atoms with van der Waals surface area (Å²) in [6, 6.07) is 3.51. The van der Waals surface area contributed by atoms with Crippen LogP contribution in [0.4, 0.5) is 0 Å². The standard InChI is InChI=1S/C17H22N2O5/c1-17(2,3)24-14(21)7-6-13(15(18)22)19-9-10-8-11(20)4-5-12(10)16(19)23/h4-5,8,13,20H,6-7,9H2,1-3H3,(H2,18,22). The van der Waals surface area contributed by atoms with Crippen LogP contribution in [0.3, 0.4) is 0 Å². The van der Waals surface area contributed by atoms with Crippen LogP contribution in [0.2, 0.25) is 0 Å². The summed E-state index contributed by atoms with van der Waals surface area (Å²) in [4.78, 5) is 37.4. The highest BCUT2D eigenvalue weighted by molar-refractivity contribution is 6.01. The van der Waals surface area contributed by atoms with Gasteiger partial charge in [0.15, 0.2) is 0 Å². The number of phenolic OH excluding ortho intramolecular Hbond substituents is 1. The van der Waals surface area contributed by atoms with Gasteiger partial charge in [0.2, 0.25) is 5.91 Å². The minimum atomic E-state index is -0.903. The molecule has 3 N–H and O–H groups in total. The van der Waals surface area contributed by atoms with Crippen molar-refractivity contribution in [1.82, 2.24) is 4.90 Å². The zero-order valence-electron chi connectivity index (χ0n) is 14.0. The number of ether oxygens (including phenoxy) is 1. The monoisotopic (exact) mass is 334 g/mol. The maximum atomic E-state index is 12.4. The smallest absolute Gasteiger partial charge is 0.306 e. The fraction of sp³-hybridized carbons (Fsp3) is 0.471. The lowest BCUT2D eigenvalue weighted by Crippen LogP contribution is -2.45. The molecule has 0 saturated heterocycles. The number of carbonyl (C=O) groups is 3. The minimum absolute atomic E-state index is 0.0176. The minimum Gasteiger partial charge on any atom is -0.508 e. The number of nitrogens with zero attached hydrogens (tertiary/aromatic N) is 1. The van der Waals surface area contributed by atoms with Crippen molar-refractivity contribution < 1.29 is 24.2 Å². The zero-order chi connectivity index (χ0) is 18.1. The zero-order valence-corrected chi connectivity index (χ0v) is 14.0. The molecule has 7 heteroatoms. The van der Waals surface area contributed by atoms with Crippen LogP contribution in [0.15, 0.2) is 18.2 Å². The Morgan fingerprint density at radius 3 is 2.62 bits per heavy atom. The Labute approximate surface area is 140 Å². The summed E-state index contributed by atoms with van der Waals surface area (Å²) in [5.74, 6) is -1.41. The molecular formula is C17H22N2O5. The van der Waals surface area contributed by atoms with E-state index in [1.54, 1.807) is 20.8 Å². The first-order chi connectivity index (χ1) is 11.1. The Hall–Kier alpha value is -2.57. The molecule has 1 aromatic rings. The van der Waals surface area contributed by atoms with E-state index in [-0.39, 0.29) is 31.0 Å². The number of phenols is 1. The van der Waals surface area contributed by atoms with Crippen LogP contribution >= 0.6 is 0 Å². The van der Waals surface area contributed by atoms with Gasteiger partial charge in [-0.2, -0.15) is 0 Å². The van der Waals surface area contributed by atoms with Gasteiger partial charge in [0.1, 0.15) is 17.4 Å². The largest absolute Gasteiger partial charge is 0.508 e. The van der Waals surface area contributed by atoms with Crippen molar-refractivity contribution in [3.63, 3.8) is 0 Å². The first-order valence-electron chi connectivity index (χ1n) is 7.72. The van der Waals surface area contributed by atoms with Crippen LogP contribution < -0.4 is 5.73 Å². The fourth-order valence-electron chi connectivity index (χ4n) is 2.68. The van der Waals surface area contributed by atoms with E-state index >= 15 is 0 Å². The molecule has 7 nitrogen and oxygen atoms in total. The van der Waals surface area contributed by atoms with Crippen LogP contribution in [-0.2, 0) is 20.9 Å². The summed E-state index contributed by atoms with van der Waals surface area (Å²) in [5.41, 5.74) is 5.86. The van der Waals surface area contributed by atoms with Gasteiger partial charge in [-0.25, -0.2) is 0 Å². The topological polar surface area (TPSA) is 110 Å². The van der Waals surface area contributed by atoms with Crippen LogP contribution in [0.5, 0.6) is 5.75 Å². The second-order valence-electron chi connectivity index (χ2n) is 6.82. The van der Waals surface area contributed by atoms with E-state index in [4.69, 9.17) is 10.5 Å². The molecule has 2 amide bonds. The molecule has 2 rings (SSSR count). The van der Waals surface area contributed by atoms with Crippen molar-refractivity contribution in [3.05, 3.63) is 29.3 Å². The molecule has 0 bridgehead atoms. The lowest BCUT2D eigenvalue weighted by Gasteiger charge is -2.25. The second-order valence-corrected chi connectivity index (χ2v) is 6.82. The molecule has 0 radical (unpaired) electrons. The average molecular weight is 334 g/mol. The summed E-state index contributed by atoms with van der Waals surface area (Å²) in [6.45, 7) is 5.43. The number of benzene rings is 1. The van der Waals surface area contributed by atoms with Crippen molar-refractivity contribution in [1.29, 1.82) is 0 Å². The predicted molar refractivity (Wildman–Crippen MR) is 86.0 cm³/mol. The highest BCUT2D eigenvalue weighted by Crippen LogP contribution is 2.28. The maximum absolute atomic E-state index is 12.4. The molecule has 0 aromatic heterocycles. The van der Waals surface area contributed by atoms with Crippen molar-refractivity contribution in [2.75, 3.05) is 0 Å². The van der Waals surface area contributed by atoms with Crippen molar-refractivity contribution in [2.24, 2.45) is 5.73 Å². The number of hydrogen-bond donors (Lipinski definition) is 2. The van der Waals surface area contributed by atoms with E-state index in [0.717, 1.165) is 0 Å². The summed E-state index contributed by atoms with van der Waals surface area (Å²) in [6.07, 6.45) is 0.0756. The summed E-state index contributed by atoms with van der Waals surface area (Å²) in [7, 11) is 0. The Balaban J connectivity index is 2.08. The van der Waals surface area contributed by atoms with E-state index in [0.29, 0.717) is 11.1 Å². The van der Waals surface area contributed by atoms with Crippen molar-refractivity contribution in [3.8, 4) is 5.75 Å². The normalized spacial score (nSPS) is 15.1. The Morgan fingerprint density at radius 1 is 1.38 bits per heavy atom. The number of amides is 2. The molecule has 24 heavy (non-hydrogen) atoms. The second kappa shape index (κ2) is 6.51. The van der Waals surface area contributed by atoms with Gasteiger partial charge in [0.25, 0.3) is 5.91 Å². The molecular weight excluding hydrogens is 312 g/mol. The van der Waals surface area contributed by atoms with E-state index < -0.39 is 23.5 Å². The SMILES string of the molecule is CC(C)(C)OC(=O)CCC(C(N)=O)N1Cc2cc(O)ccc2C1=O.